The minimum absolute atomic E-state index is 0.0579. The van der Waals surface area contributed by atoms with Gasteiger partial charge in [0, 0.05) is 0 Å². The van der Waals surface area contributed by atoms with Crippen LogP contribution < -0.4 is 14.8 Å². The van der Waals surface area contributed by atoms with Crippen molar-refractivity contribution >= 4 is 46.3 Å². The minimum atomic E-state index is -0.926. The number of carboxylic acids is 1. The molecule has 0 aliphatic carbocycles. The number of carbonyl (C=O) groups excluding carboxylic acids is 1. The lowest BCUT2D eigenvalue weighted by Gasteiger charge is -2.12. The molecule has 1 heterocycles. The van der Waals surface area contributed by atoms with E-state index in [2.05, 4.69) is 5.32 Å². The number of thioether (sulfide) groups is 1. The second kappa shape index (κ2) is 7.98. The highest BCUT2D eigenvalue weighted by Crippen LogP contribution is 2.31. The van der Waals surface area contributed by atoms with Crippen LogP contribution in [0.1, 0.15) is 18.9 Å². The molecule has 0 atom stereocenters. The summed E-state index contributed by atoms with van der Waals surface area (Å²) in [7, 11) is 0. The van der Waals surface area contributed by atoms with Gasteiger partial charge in [0.25, 0.3) is 5.91 Å². The molecule has 6 nitrogen and oxygen atoms in total. The Hall–Kier alpha value is -2.06. The molecule has 1 aliphatic heterocycles. The number of aliphatic carboxylic acids is 1. The summed E-state index contributed by atoms with van der Waals surface area (Å²) in [5, 5.41) is 11.2. The summed E-state index contributed by atoms with van der Waals surface area (Å²) in [6, 6.07) is 5.19. The molecule has 0 saturated carbocycles. The molecule has 1 aromatic carbocycles. The van der Waals surface area contributed by atoms with Gasteiger partial charge in [-0.1, -0.05) is 30.0 Å². The Labute approximate surface area is 142 Å². The fraction of sp³-hybridized carbons (Fsp3) is 0.267. The zero-order valence-electron chi connectivity index (χ0n) is 12.3. The first-order valence-corrected chi connectivity index (χ1v) is 8.08. The number of hydrogen-bond donors (Lipinski definition) is 2. The predicted molar refractivity (Wildman–Crippen MR) is 91.7 cm³/mol. The van der Waals surface area contributed by atoms with Crippen molar-refractivity contribution in [2.75, 3.05) is 13.2 Å². The van der Waals surface area contributed by atoms with Crippen molar-refractivity contribution in [2.24, 2.45) is 0 Å². The largest absolute Gasteiger partial charge is 0.490 e. The standard InChI is InChI=1S/C15H15NO5S2/c1-2-20-11-7-9(8-12-14(19)16-15(22)23-12)3-4-10(11)21-6-5-13(17)18/h3-4,7-8H,2,5-6H2,1H3,(H,17,18)(H,16,19,22)/b12-8+. The summed E-state index contributed by atoms with van der Waals surface area (Å²) in [6.45, 7) is 2.34. The first-order valence-electron chi connectivity index (χ1n) is 6.86. The maximum Gasteiger partial charge on any atom is 0.306 e. The Kier molecular flexibility index (Phi) is 6.00. The molecule has 0 aromatic heterocycles. The van der Waals surface area contributed by atoms with Crippen LogP contribution in [0.2, 0.25) is 0 Å². The highest BCUT2D eigenvalue weighted by Gasteiger charge is 2.22. The Bertz CT molecular complexity index is 672. The van der Waals surface area contributed by atoms with E-state index in [1.54, 1.807) is 24.3 Å². The van der Waals surface area contributed by atoms with Crippen molar-refractivity contribution in [3.05, 3.63) is 28.7 Å². The summed E-state index contributed by atoms with van der Waals surface area (Å²) in [5.74, 6) is -0.184. The number of thiocarbonyl (C=S) groups is 1. The number of amides is 1. The number of benzene rings is 1. The van der Waals surface area contributed by atoms with Gasteiger partial charge in [0.2, 0.25) is 0 Å². The molecule has 1 saturated heterocycles. The van der Waals surface area contributed by atoms with E-state index in [9.17, 15) is 9.59 Å². The highest BCUT2D eigenvalue weighted by molar-refractivity contribution is 8.26. The Morgan fingerprint density at radius 2 is 2.17 bits per heavy atom. The molecule has 122 valence electrons. The van der Waals surface area contributed by atoms with E-state index in [0.29, 0.717) is 27.3 Å². The first kappa shape index (κ1) is 17.3. The smallest absolute Gasteiger partial charge is 0.306 e. The number of ether oxygens (including phenoxy) is 2. The zero-order chi connectivity index (χ0) is 16.8. The van der Waals surface area contributed by atoms with Gasteiger partial charge in [0.1, 0.15) is 4.32 Å². The van der Waals surface area contributed by atoms with E-state index in [1.165, 1.54) is 11.8 Å². The van der Waals surface area contributed by atoms with Gasteiger partial charge in [-0.2, -0.15) is 0 Å². The summed E-state index contributed by atoms with van der Waals surface area (Å²) >= 11 is 6.15. The van der Waals surface area contributed by atoms with Crippen molar-refractivity contribution in [3.63, 3.8) is 0 Å². The lowest BCUT2D eigenvalue weighted by molar-refractivity contribution is -0.137. The van der Waals surface area contributed by atoms with Crippen LogP contribution in [0.25, 0.3) is 6.08 Å². The van der Waals surface area contributed by atoms with Crippen LogP contribution in [-0.2, 0) is 9.59 Å². The molecular formula is C15H15NO5S2. The maximum absolute atomic E-state index is 11.7. The van der Waals surface area contributed by atoms with E-state index in [-0.39, 0.29) is 18.9 Å². The predicted octanol–water partition coefficient (Wildman–Crippen LogP) is 2.43. The summed E-state index contributed by atoms with van der Waals surface area (Å²) in [6.07, 6.45) is 1.62. The van der Waals surface area contributed by atoms with Gasteiger partial charge in [0.05, 0.1) is 24.5 Å². The van der Waals surface area contributed by atoms with Crippen LogP contribution in [0, 0.1) is 0 Å². The van der Waals surface area contributed by atoms with E-state index >= 15 is 0 Å². The molecule has 0 unspecified atom stereocenters. The van der Waals surface area contributed by atoms with Gasteiger partial charge in [-0.15, -0.1) is 0 Å². The van der Waals surface area contributed by atoms with Gasteiger partial charge in [-0.25, -0.2) is 0 Å². The molecule has 1 aliphatic rings. The number of rotatable bonds is 7. The normalized spacial score (nSPS) is 15.6. The van der Waals surface area contributed by atoms with E-state index in [0.717, 1.165) is 5.56 Å². The molecule has 1 amide bonds. The second-order valence-corrected chi connectivity index (χ2v) is 6.20. The van der Waals surface area contributed by atoms with Gasteiger partial charge >= 0.3 is 5.97 Å². The van der Waals surface area contributed by atoms with E-state index in [4.69, 9.17) is 26.8 Å². The number of carboxylic acid groups (broad SMARTS) is 1. The minimum Gasteiger partial charge on any atom is -0.490 e. The molecule has 2 N–H and O–H groups in total. The lowest BCUT2D eigenvalue weighted by atomic mass is 10.2. The zero-order valence-corrected chi connectivity index (χ0v) is 14.0. The van der Waals surface area contributed by atoms with E-state index < -0.39 is 5.97 Å². The fourth-order valence-electron chi connectivity index (χ4n) is 1.82. The summed E-state index contributed by atoms with van der Waals surface area (Å²) in [5.41, 5.74) is 0.765. The van der Waals surface area contributed by atoms with Crippen LogP contribution >= 0.6 is 24.0 Å². The average Bonchev–Trinajstić information content (AvgIpc) is 2.79. The molecule has 1 aromatic rings. The van der Waals surface area contributed by atoms with Gasteiger partial charge < -0.3 is 19.9 Å². The molecule has 0 radical (unpaired) electrons. The van der Waals surface area contributed by atoms with E-state index in [1.807, 2.05) is 6.92 Å². The Balaban J connectivity index is 2.18. The third-order valence-electron chi connectivity index (χ3n) is 2.78. The quantitative estimate of drug-likeness (QED) is 0.575. The van der Waals surface area contributed by atoms with Crippen molar-refractivity contribution in [1.82, 2.24) is 5.32 Å². The first-order chi connectivity index (χ1) is 11.0. The SMILES string of the molecule is CCOc1cc(/C=C2/SC(=S)NC2=O)ccc1OCCC(=O)O. The van der Waals surface area contributed by atoms with Crippen molar-refractivity contribution in [2.45, 2.75) is 13.3 Å². The molecule has 2 rings (SSSR count). The molecule has 0 bridgehead atoms. The van der Waals surface area contributed by atoms with Gasteiger partial charge in [0.15, 0.2) is 11.5 Å². The van der Waals surface area contributed by atoms with Gasteiger partial charge in [-0.05, 0) is 30.7 Å². The molecule has 1 fully saturated rings. The van der Waals surface area contributed by atoms with Gasteiger partial charge in [-0.3, -0.25) is 9.59 Å². The maximum atomic E-state index is 11.7. The van der Waals surface area contributed by atoms with Crippen LogP contribution in [0.15, 0.2) is 23.1 Å². The van der Waals surface area contributed by atoms with Crippen molar-refractivity contribution in [3.8, 4) is 11.5 Å². The molecular weight excluding hydrogens is 338 g/mol. The number of hydrogen-bond acceptors (Lipinski definition) is 6. The van der Waals surface area contributed by atoms with Crippen LogP contribution in [0.4, 0.5) is 0 Å². The van der Waals surface area contributed by atoms with Crippen LogP contribution in [0.5, 0.6) is 11.5 Å². The third-order valence-corrected chi connectivity index (χ3v) is 3.94. The Morgan fingerprint density at radius 3 is 2.78 bits per heavy atom. The molecule has 8 heteroatoms. The summed E-state index contributed by atoms with van der Waals surface area (Å²) < 4.78 is 11.4. The second-order valence-electron chi connectivity index (χ2n) is 4.48. The summed E-state index contributed by atoms with van der Waals surface area (Å²) in [4.78, 5) is 22.7. The number of carbonyl (C=O) groups is 2. The average molecular weight is 353 g/mol. The monoisotopic (exact) mass is 353 g/mol. The van der Waals surface area contributed by atoms with Crippen LogP contribution in [0.3, 0.4) is 0 Å². The molecule has 0 spiro atoms. The topological polar surface area (TPSA) is 84.9 Å². The highest BCUT2D eigenvalue weighted by atomic mass is 32.2. The van der Waals surface area contributed by atoms with Crippen molar-refractivity contribution < 1.29 is 24.2 Å². The Morgan fingerprint density at radius 1 is 1.39 bits per heavy atom. The lowest BCUT2D eigenvalue weighted by Crippen LogP contribution is -2.17. The number of nitrogens with one attached hydrogen (secondary N) is 1. The van der Waals surface area contributed by atoms with Crippen molar-refractivity contribution in [1.29, 1.82) is 0 Å². The third kappa shape index (κ3) is 4.97. The fourth-order valence-corrected chi connectivity index (χ4v) is 2.87. The molecule has 23 heavy (non-hydrogen) atoms. The van der Waals surface area contributed by atoms with Crippen LogP contribution in [-0.4, -0.2) is 34.5 Å².